The van der Waals surface area contributed by atoms with Crippen molar-refractivity contribution in [2.24, 2.45) is 0 Å². The minimum Gasteiger partial charge on any atom is -0.378 e. The summed E-state index contributed by atoms with van der Waals surface area (Å²) >= 11 is 1.41. The zero-order valence-electron chi connectivity index (χ0n) is 17.7. The third-order valence-corrected chi connectivity index (χ3v) is 6.11. The normalized spacial score (nSPS) is 13.9. The summed E-state index contributed by atoms with van der Waals surface area (Å²) in [5.74, 6) is 1.08. The number of aryl methyl sites for hydroxylation is 1. The number of hydrogen-bond donors (Lipinski definition) is 1. The molecule has 3 aromatic rings. The van der Waals surface area contributed by atoms with Crippen molar-refractivity contribution >= 4 is 23.6 Å². The minimum absolute atomic E-state index is 0.00631. The molecular weight excluding hydrogens is 410 g/mol. The number of thioether (sulfide) groups is 1. The van der Waals surface area contributed by atoms with Gasteiger partial charge < -0.3 is 15.0 Å². The Morgan fingerprint density at radius 3 is 2.58 bits per heavy atom. The molecule has 1 aliphatic heterocycles. The molecule has 1 amide bonds. The van der Waals surface area contributed by atoms with E-state index in [1.165, 1.54) is 17.3 Å². The Kier molecular flexibility index (Phi) is 7.22. The zero-order chi connectivity index (χ0) is 21.5. The molecule has 0 aliphatic carbocycles. The van der Waals surface area contributed by atoms with Gasteiger partial charge in [0.15, 0.2) is 5.16 Å². The summed E-state index contributed by atoms with van der Waals surface area (Å²) in [6, 6.07) is 18.3. The summed E-state index contributed by atoms with van der Waals surface area (Å²) in [6.07, 6.45) is 0.817. The topological polar surface area (TPSA) is 72.3 Å². The molecule has 4 rings (SSSR count). The third kappa shape index (κ3) is 5.45. The molecule has 0 saturated carbocycles. The van der Waals surface area contributed by atoms with Gasteiger partial charge >= 0.3 is 0 Å². The van der Waals surface area contributed by atoms with Gasteiger partial charge in [-0.25, -0.2) is 0 Å². The van der Waals surface area contributed by atoms with Crippen LogP contribution in [0.4, 0.5) is 5.95 Å². The van der Waals surface area contributed by atoms with Gasteiger partial charge in [0.05, 0.1) is 24.7 Å². The second-order valence-electron chi connectivity index (χ2n) is 7.38. The number of hydrogen-bond acceptors (Lipinski definition) is 6. The number of carbonyl (C=O) groups excluding carboxylic acids is 1. The highest BCUT2D eigenvalue weighted by atomic mass is 32.2. The maximum absolute atomic E-state index is 12.4. The molecule has 0 atom stereocenters. The van der Waals surface area contributed by atoms with Crippen molar-refractivity contribution < 1.29 is 9.53 Å². The van der Waals surface area contributed by atoms with Crippen molar-refractivity contribution in [2.45, 2.75) is 18.5 Å². The van der Waals surface area contributed by atoms with E-state index in [9.17, 15) is 4.79 Å². The molecular formula is C23H27N5O2S. The fourth-order valence-electron chi connectivity index (χ4n) is 3.52. The van der Waals surface area contributed by atoms with Gasteiger partial charge in [-0.15, -0.1) is 10.2 Å². The molecule has 1 aromatic heterocycles. The fraction of sp³-hybridized carbons (Fsp3) is 0.348. The van der Waals surface area contributed by atoms with Crippen LogP contribution in [0.2, 0.25) is 0 Å². The number of aromatic nitrogens is 3. The number of carbonyl (C=O) groups is 1. The molecule has 1 aliphatic rings. The number of nitrogens with zero attached hydrogens (tertiary/aromatic N) is 4. The highest BCUT2D eigenvalue weighted by Crippen LogP contribution is 2.28. The van der Waals surface area contributed by atoms with Crippen LogP contribution in [-0.4, -0.2) is 59.3 Å². The molecule has 1 N–H and O–H groups in total. The van der Waals surface area contributed by atoms with E-state index in [1.807, 2.05) is 30.3 Å². The van der Waals surface area contributed by atoms with Crippen LogP contribution in [0.25, 0.3) is 5.69 Å². The van der Waals surface area contributed by atoms with E-state index in [0.717, 1.165) is 36.7 Å². The van der Waals surface area contributed by atoms with Crippen LogP contribution in [0.15, 0.2) is 59.8 Å². The highest BCUT2D eigenvalue weighted by molar-refractivity contribution is 7.99. The molecule has 0 bridgehead atoms. The molecule has 0 unspecified atom stereocenters. The lowest BCUT2D eigenvalue weighted by atomic mass is 10.1. The largest absolute Gasteiger partial charge is 0.378 e. The molecule has 31 heavy (non-hydrogen) atoms. The molecule has 1 saturated heterocycles. The SMILES string of the molecule is Cc1ccccc1-n1c(SCC(=O)NCCc2ccccc2)nnc1N1CCOCC1. The van der Waals surface area contributed by atoms with Gasteiger partial charge in [-0.05, 0) is 30.5 Å². The van der Waals surface area contributed by atoms with E-state index in [4.69, 9.17) is 4.74 Å². The first-order chi connectivity index (χ1) is 15.2. The second kappa shape index (κ2) is 10.5. The smallest absolute Gasteiger partial charge is 0.232 e. The lowest BCUT2D eigenvalue weighted by molar-refractivity contribution is -0.118. The Hall–Kier alpha value is -2.84. The van der Waals surface area contributed by atoms with Crippen LogP contribution in [-0.2, 0) is 16.0 Å². The number of benzene rings is 2. The number of ether oxygens (including phenoxy) is 1. The highest BCUT2D eigenvalue weighted by Gasteiger charge is 2.23. The Balaban J connectivity index is 1.44. The lowest BCUT2D eigenvalue weighted by Gasteiger charge is -2.28. The Bertz CT molecular complexity index is 1000. The van der Waals surface area contributed by atoms with Crippen molar-refractivity contribution in [1.82, 2.24) is 20.1 Å². The van der Waals surface area contributed by atoms with Gasteiger partial charge in [0, 0.05) is 19.6 Å². The standard InChI is InChI=1S/C23H27N5O2S/c1-18-7-5-6-10-20(18)28-22(27-13-15-30-16-14-27)25-26-23(28)31-17-21(29)24-12-11-19-8-3-2-4-9-19/h2-10H,11-17H2,1H3,(H,24,29). The first-order valence-corrected chi connectivity index (χ1v) is 11.5. The van der Waals surface area contributed by atoms with Crippen LogP contribution < -0.4 is 10.2 Å². The molecule has 0 radical (unpaired) electrons. The maximum atomic E-state index is 12.4. The number of morpholine rings is 1. The Morgan fingerprint density at radius 1 is 1.06 bits per heavy atom. The first kappa shape index (κ1) is 21.4. The maximum Gasteiger partial charge on any atom is 0.232 e. The quantitative estimate of drug-likeness (QED) is 0.547. The predicted octanol–water partition coefficient (Wildman–Crippen LogP) is 2.86. The number of rotatable bonds is 8. The first-order valence-electron chi connectivity index (χ1n) is 10.5. The van der Waals surface area contributed by atoms with Gasteiger partial charge in [0.25, 0.3) is 0 Å². The number of para-hydroxylation sites is 1. The van der Waals surface area contributed by atoms with Crippen molar-refractivity contribution in [3.63, 3.8) is 0 Å². The average Bonchev–Trinajstić information content (AvgIpc) is 3.23. The van der Waals surface area contributed by atoms with E-state index in [0.29, 0.717) is 30.7 Å². The van der Waals surface area contributed by atoms with E-state index in [-0.39, 0.29) is 5.91 Å². The summed E-state index contributed by atoms with van der Waals surface area (Å²) < 4.78 is 7.55. The van der Waals surface area contributed by atoms with Crippen molar-refractivity contribution in [2.75, 3.05) is 43.5 Å². The van der Waals surface area contributed by atoms with E-state index in [1.54, 1.807) is 0 Å². The molecule has 2 aromatic carbocycles. The summed E-state index contributed by atoms with van der Waals surface area (Å²) in [5.41, 5.74) is 3.37. The second-order valence-corrected chi connectivity index (χ2v) is 8.32. The van der Waals surface area contributed by atoms with Crippen LogP contribution in [0.5, 0.6) is 0 Å². The Morgan fingerprint density at radius 2 is 1.81 bits per heavy atom. The van der Waals surface area contributed by atoms with E-state index >= 15 is 0 Å². The fourth-order valence-corrected chi connectivity index (χ4v) is 4.29. The van der Waals surface area contributed by atoms with Gasteiger partial charge in [-0.3, -0.25) is 9.36 Å². The lowest BCUT2D eigenvalue weighted by Crippen LogP contribution is -2.38. The average molecular weight is 438 g/mol. The van der Waals surface area contributed by atoms with Gasteiger partial charge in [0.2, 0.25) is 11.9 Å². The van der Waals surface area contributed by atoms with Crippen molar-refractivity contribution in [3.05, 3.63) is 65.7 Å². The summed E-state index contributed by atoms with van der Waals surface area (Å²) in [6.45, 7) is 5.58. The van der Waals surface area contributed by atoms with Crippen molar-refractivity contribution in [1.29, 1.82) is 0 Å². The molecule has 162 valence electrons. The molecule has 7 nitrogen and oxygen atoms in total. The summed E-state index contributed by atoms with van der Waals surface area (Å²) in [5, 5.41) is 12.6. The van der Waals surface area contributed by atoms with Crippen LogP contribution >= 0.6 is 11.8 Å². The van der Waals surface area contributed by atoms with Gasteiger partial charge in [-0.2, -0.15) is 0 Å². The number of nitrogens with one attached hydrogen (secondary N) is 1. The summed E-state index contributed by atoms with van der Waals surface area (Å²) in [4.78, 5) is 14.6. The third-order valence-electron chi connectivity index (χ3n) is 5.18. The summed E-state index contributed by atoms with van der Waals surface area (Å²) in [7, 11) is 0. The number of anilines is 1. The Labute approximate surface area is 186 Å². The minimum atomic E-state index is -0.00631. The van der Waals surface area contributed by atoms with Crippen LogP contribution in [0, 0.1) is 6.92 Å². The molecule has 0 spiro atoms. The molecule has 2 heterocycles. The van der Waals surface area contributed by atoms with Crippen molar-refractivity contribution in [3.8, 4) is 5.69 Å². The van der Waals surface area contributed by atoms with Gasteiger partial charge in [-0.1, -0.05) is 60.3 Å². The zero-order valence-corrected chi connectivity index (χ0v) is 18.5. The predicted molar refractivity (Wildman–Crippen MR) is 123 cm³/mol. The monoisotopic (exact) mass is 437 g/mol. The van der Waals surface area contributed by atoms with Crippen LogP contribution in [0.1, 0.15) is 11.1 Å². The van der Waals surface area contributed by atoms with Gasteiger partial charge in [0.1, 0.15) is 0 Å². The number of amides is 1. The molecule has 8 heteroatoms. The van der Waals surface area contributed by atoms with E-state index in [2.05, 4.69) is 56.2 Å². The van der Waals surface area contributed by atoms with E-state index < -0.39 is 0 Å². The molecule has 1 fully saturated rings. The van der Waals surface area contributed by atoms with Crippen LogP contribution in [0.3, 0.4) is 0 Å².